The monoisotopic (exact) mass is 245 g/mol. The highest BCUT2D eigenvalue weighted by molar-refractivity contribution is 7.89. The summed E-state index contributed by atoms with van der Waals surface area (Å²) >= 11 is 0. The van der Waals surface area contributed by atoms with Gasteiger partial charge in [0.15, 0.2) is 5.03 Å². The second-order valence-electron chi connectivity index (χ2n) is 3.39. The van der Waals surface area contributed by atoms with Gasteiger partial charge in [0.05, 0.1) is 4.92 Å². The van der Waals surface area contributed by atoms with Crippen molar-refractivity contribution in [3.05, 3.63) is 28.4 Å². The number of nitro groups is 1. The molecule has 0 aromatic carbocycles. The molecule has 0 fully saturated rings. The summed E-state index contributed by atoms with van der Waals surface area (Å²) in [4.78, 5) is 13.2. The van der Waals surface area contributed by atoms with Crippen LogP contribution in [0.5, 0.6) is 0 Å². The molecular weight excluding hydrogens is 234 g/mol. The first kappa shape index (κ1) is 12.5. The van der Waals surface area contributed by atoms with E-state index in [1.807, 2.05) is 0 Å². The van der Waals surface area contributed by atoms with Gasteiger partial charge in [-0.25, -0.2) is 18.1 Å². The Morgan fingerprint density at radius 1 is 1.44 bits per heavy atom. The van der Waals surface area contributed by atoms with E-state index in [1.54, 1.807) is 13.8 Å². The lowest BCUT2D eigenvalue weighted by Gasteiger charge is -2.07. The molecule has 0 atom stereocenters. The molecule has 1 aromatic heterocycles. The molecule has 0 saturated heterocycles. The molecule has 7 nitrogen and oxygen atoms in total. The van der Waals surface area contributed by atoms with Crippen molar-refractivity contribution in [1.82, 2.24) is 9.71 Å². The van der Waals surface area contributed by atoms with E-state index in [0.29, 0.717) is 0 Å². The van der Waals surface area contributed by atoms with Gasteiger partial charge < -0.3 is 0 Å². The summed E-state index contributed by atoms with van der Waals surface area (Å²) in [7, 11) is -3.69. The van der Waals surface area contributed by atoms with Crippen LogP contribution in [0.3, 0.4) is 0 Å². The lowest BCUT2D eigenvalue weighted by atomic mass is 10.4. The van der Waals surface area contributed by atoms with Crippen molar-refractivity contribution in [1.29, 1.82) is 0 Å². The third-order valence-corrected chi connectivity index (χ3v) is 3.17. The van der Waals surface area contributed by atoms with Crippen LogP contribution in [0.1, 0.15) is 13.8 Å². The highest BCUT2D eigenvalue weighted by Gasteiger charge is 2.18. The third-order valence-electron chi connectivity index (χ3n) is 1.60. The van der Waals surface area contributed by atoms with Crippen LogP contribution in [0.25, 0.3) is 0 Å². The molecule has 8 heteroatoms. The molecular formula is C8H11N3O4S. The van der Waals surface area contributed by atoms with E-state index < -0.39 is 14.9 Å². The Morgan fingerprint density at radius 3 is 2.44 bits per heavy atom. The number of rotatable bonds is 4. The summed E-state index contributed by atoms with van der Waals surface area (Å²) in [6, 6.07) is 1.94. The van der Waals surface area contributed by atoms with Crippen molar-refractivity contribution >= 4 is 15.7 Å². The summed E-state index contributed by atoms with van der Waals surface area (Å²) in [5.74, 6) is 0. The van der Waals surface area contributed by atoms with Gasteiger partial charge in [0.2, 0.25) is 0 Å². The fourth-order valence-corrected chi connectivity index (χ4v) is 2.19. The van der Waals surface area contributed by atoms with Crippen LogP contribution in [0, 0.1) is 10.1 Å². The fraction of sp³-hybridized carbons (Fsp3) is 0.375. The van der Waals surface area contributed by atoms with E-state index in [4.69, 9.17) is 0 Å². The molecule has 1 heterocycles. The van der Waals surface area contributed by atoms with Crippen LogP contribution >= 0.6 is 0 Å². The topological polar surface area (TPSA) is 102 Å². The maximum Gasteiger partial charge on any atom is 0.287 e. The van der Waals surface area contributed by atoms with E-state index in [2.05, 4.69) is 9.71 Å². The van der Waals surface area contributed by atoms with Gasteiger partial charge in [-0.3, -0.25) is 10.1 Å². The molecule has 16 heavy (non-hydrogen) atoms. The minimum atomic E-state index is -3.69. The number of pyridine rings is 1. The van der Waals surface area contributed by atoms with Crippen molar-refractivity contribution in [2.75, 3.05) is 0 Å². The molecule has 1 rings (SSSR count). The van der Waals surface area contributed by atoms with Gasteiger partial charge in [0, 0.05) is 12.1 Å². The number of nitrogens with zero attached hydrogens (tertiary/aromatic N) is 2. The van der Waals surface area contributed by atoms with E-state index in [1.165, 1.54) is 0 Å². The average Bonchev–Trinajstić information content (AvgIpc) is 2.16. The Kier molecular flexibility index (Phi) is 3.55. The second kappa shape index (κ2) is 4.54. The first-order valence-electron chi connectivity index (χ1n) is 4.45. The lowest BCUT2D eigenvalue weighted by molar-refractivity contribution is -0.385. The normalized spacial score (nSPS) is 11.7. The third kappa shape index (κ3) is 2.97. The van der Waals surface area contributed by atoms with Crippen LogP contribution in [-0.2, 0) is 10.0 Å². The molecule has 0 spiro atoms. The van der Waals surface area contributed by atoms with Crippen LogP contribution in [0.2, 0.25) is 0 Å². The molecule has 1 N–H and O–H groups in total. The van der Waals surface area contributed by atoms with Gasteiger partial charge in [-0.05, 0) is 19.9 Å². The minimum absolute atomic E-state index is 0.230. The number of aromatic nitrogens is 1. The maximum atomic E-state index is 11.6. The average molecular weight is 245 g/mol. The molecule has 0 unspecified atom stereocenters. The SMILES string of the molecule is CC(C)NS(=O)(=O)c1ccc([N+](=O)[O-])cn1. The largest absolute Gasteiger partial charge is 0.287 e. The van der Waals surface area contributed by atoms with Gasteiger partial charge >= 0.3 is 0 Å². The Hall–Kier alpha value is -1.54. The summed E-state index contributed by atoms with van der Waals surface area (Å²) in [5, 5.41) is 10.1. The summed E-state index contributed by atoms with van der Waals surface area (Å²) in [6.45, 7) is 3.34. The molecule has 1 aromatic rings. The van der Waals surface area contributed by atoms with Gasteiger partial charge in [0.25, 0.3) is 15.7 Å². The van der Waals surface area contributed by atoms with Crippen molar-refractivity contribution in [2.45, 2.75) is 24.9 Å². The molecule has 0 amide bonds. The second-order valence-corrected chi connectivity index (χ2v) is 5.05. The van der Waals surface area contributed by atoms with Gasteiger partial charge in [-0.1, -0.05) is 0 Å². The molecule has 0 aliphatic carbocycles. The maximum absolute atomic E-state index is 11.6. The number of hydrogen-bond acceptors (Lipinski definition) is 5. The zero-order valence-electron chi connectivity index (χ0n) is 8.75. The zero-order valence-corrected chi connectivity index (χ0v) is 9.56. The molecule has 0 aliphatic heterocycles. The molecule has 0 saturated carbocycles. The first-order chi connectivity index (χ1) is 7.33. The fourth-order valence-electron chi connectivity index (χ4n) is 1.01. The van der Waals surface area contributed by atoms with Crippen molar-refractivity contribution in [3.63, 3.8) is 0 Å². The number of sulfonamides is 1. The predicted molar refractivity (Wildman–Crippen MR) is 56.3 cm³/mol. The summed E-state index contributed by atoms with van der Waals surface area (Å²) < 4.78 is 25.5. The van der Waals surface area contributed by atoms with Gasteiger partial charge in [0.1, 0.15) is 6.20 Å². The van der Waals surface area contributed by atoms with E-state index >= 15 is 0 Å². The molecule has 0 radical (unpaired) electrons. The highest BCUT2D eigenvalue weighted by Crippen LogP contribution is 2.12. The Labute approximate surface area is 92.7 Å². The van der Waals surface area contributed by atoms with Crippen LogP contribution in [-0.4, -0.2) is 24.4 Å². The van der Waals surface area contributed by atoms with Crippen LogP contribution in [0.15, 0.2) is 23.4 Å². The zero-order chi connectivity index (χ0) is 12.3. The lowest BCUT2D eigenvalue weighted by Crippen LogP contribution is -2.30. The quantitative estimate of drug-likeness (QED) is 0.620. The van der Waals surface area contributed by atoms with E-state index in [0.717, 1.165) is 18.3 Å². The number of hydrogen-bond donors (Lipinski definition) is 1. The van der Waals surface area contributed by atoms with Gasteiger partial charge in [-0.15, -0.1) is 0 Å². The van der Waals surface area contributed by atoms with E-state index in [9.17, 15) is 18.5 Å². The minimum Gasteiger partial charge on any atom is -0.258 e. The number of nitrogens with one attached hydrogen (secondary N) is 1. The Bertz CT molecular complexity index is 481. The van der Waals surface area contributed by atoms with Crippen LogP contribution < -0.4 is 4.72 Å². The molecule has 0 aliphatic rings. The smallest absolute Gasteiger partial charge is 0.258 e. The van der Waals surface area contributed by atoms with Crippen molar-refractivity contribution in [3.8, 4) is 0 Å². The van der Waals surface area contributed by atoms with Crippen LogP contribution in [0.4, 0.5) is 5.69 Å². The highest BCUT2D eigenvalue weighted by atomic mass is 32.2. The summed E-state index contributed by atoms with van der Waals surface area (Å²) in [6.07, 6.45) is 0.912. The van der Waals surface area contributed by atoms with Crippen molar-refractivity contribution in [2.24, 2.45) is 0 Å². The standard InChI is InChI=1S/C8H11N3O4S/c1-6(2)10-16(14,15)8-4-3-7(5-9-8)11(12)13/h3-6,10H,1-2H3. The summed E-state index contributed by atoms with van der Waals surface area (Å²) in [5.41, 5.74) is -0.247. The Morgan fingerprint density at radius 2 is 2.06 bits per heavy atom. The van der Waals surface area contributed by atoms with Crippen molar-refractivity contribution < 1.29 is 13.3 Å². The van der Waals surface area contributed by atoms with Gasteiger partial charge in [-0.2, -0.15) is 0 Å². The first-order valence-corrected chi connectivity index (χ1v) is 5.94. The Balaban J connectivity index is 3.02. The predicted octanol–water partition coefficient (Wildman–Crippen LogP) is 0.676. The molecule has 88 valence electrons. The van der Waals surface area contributed by atoms with E-state index in [-0.39, 0.29) is 16.8 Å². The molecule has 0 bridgehead atoms.